The number of fused-ring (bicyclic) bond motifs is 3. The summed E-state index contributed by atoms with van der Waals surface area (Å²) in [6.07, 6.45) is 6.51. The standard InChI is InChI=1S/C20H23BrN2O/c1-2-20-8-3-10-22-11-7-14-15-12-13(21)4-5-16(15)23(17(24)6-9-20)18(14)19(20)22/h4-5,12,19H,2-3,6-11H2,1H3. The Hall–Kier alpha value is -1.13. The van der Waals surface area contributed by atoms with Crippen LogP contribution in [0.1, 0.15) is 61.1 Å². The van der Waals surface area contributed by atoms with Crippen LogP contribution in [0.5, 0.6) is 0 Å². The summed E-state index contributed by atoms with van der Waals surface area (Å²) in [6, 6.07) is 6.84. The molecule has 4 heteroatoms. The van der Waals surface area contributed by atoms with E-state index in [4.69, 9.17) is 0 Å². The average Bonchev–Trinajstić information content (AvgIpc) is 2.86. The Morgan fingerprint density at radius 2 is 2.12 bits per heavy atom. The quantitative estimate of drug-likeness (QED) is 0.694. The first kappa shape index (κ1) is 15.2. The first-order valence-electron chi connectivity index (χ1n) is 9.24. The maximum Gasteiger partial charge on any atom is 0.231 e. The normalized spacial score (nSPS) is 29.6. The Bertz CT molecular complexity index is 855. The van der Waals surface area contributed by atoms with Crippen LogP contribution >= 0.6 is 15.9 Å². The molecule has 0 bridgehead atoms. The molecule has 24 heavy (non-hydrogen) atoms. The largest absolute Gasteiger partial charge is 0.294 e. The lowest BCUT2D eigenvalue weighted by atomic mass is 9.66. The third-order valence-corrected chi connectivity index (χ3v) is 7.33. The summed E-state index contributed by atoms with van der Waals surface area (Å²) >= 11 is 3.62. The number of carbonyl (C=O) groups excluding carboxylic acids is 1. The van der Waals surface area contributed by atoms with Crippen molar-refractivity contribution in [2.24, 2.45) is 5.41 Å². The monoisotopic (exact) mass is 386 g/mol. The third kappa shape index (κ3) is 1.84. The van der Waals surface area contributed by atoms with Gasteiger partial charge in [-0.25, -0.2) is 0 Å². The molecule has 3 aliphatic heterocycles. The maximum atomic E-state index is 13.1. The molecule has 1 aromatic heterocycles. The summed E-state index contributed by atoms with van der Waals surface area (Å²) in [5.41, 5.74) is 4.16. The first-order chi connectivity index (χ1) is 11.6. The van der Waals surface area contributed by atoms with Crippen LogP contribution < -0.4 is 0 Å². The highest BCUT2D eigenvalue weighted by atomic mass is 79.9. The van der Waals surface area contributed by atoms with Gasteiger partial charge in [0.05, 0.1) is 11.6 Å². The molecule has 3 nitrogen and oxygen atoms in total. The van der Waals surface area contributed by atoms with Crippen molar-refractivity contribution in [1.29, 1.82) is 0 Å². The van der Waals surface area contributed by atoms with Gasteiger partial charge >= 0.3 is 0 Å². The van der Waals surface area contributed by atoms with E-state index in [1.54, 1.807) is 0 Å². The van der Waals surface area contributed by atoms with Crippen LogP contribution in [0, 0.1) is 5.41 Å². The van der Waals surface area contributed by atoms with E-state index in [9.17, 15) is 4.79 Å². The van der Waals surface area contributed by atoms with Crippen LogP contribution in [0.4, 0.5) is 0 Å². The van der Waals surface area contributed by atoms with Crippen LogP contribution in [0.2, 0.25) is 0 Å². The Morgan fingerprint density at radius 1 is 1.25 bits per heavy atom. The summed E-state index contributed by atoms with van der Waals surface area (Å²) in [4.78, 5) is 15.8. The molecule has 0 spiro atoms. The molecule has 2 unspecified atom stereocenters. The van der Waals surface area contributed by atoms with Gasteiger partial charge in [0.2, 0.25) is 5.91 Å². The topological polar surface area (TPSA) is 25.2 Å². The molecule has 0 saturated carbocycles. The van der Waals surface area contributed by atoms with Gasteiger partial charge in [0.1, 0.15) is 0 Å². The molecule has 126 valence electrons. The van der Waals surface area contributed by atoms with Crippen molar-refractivity contribution in [3.05, 3.63) is 33.9 Å². The Labute approximate surface area is 151 Å². The molecule has 4 heterocycles. The van der Waals surface area contributed by atoms with E-state index in [-0.39, 0.29) is 5.41 Å². The molecule has 0 aliphatic carbocycles. The van der Waals surface area contributed by atoms with Gasteiger partial charge in [0, 0.05) is 28.5 Å². The van der Waals surface area contributed by atoms with Crippen molar-refractivity contribution in [2.75, 3.05) is 13.1 Å². The minimum Gasteiger partial charge on any atom is -0.294 e. The fraction of sp³-hybridized carbons (Fsp3) is 0.550. The highest BCUT2D eigenvalue weighted by Crippen LogP contribution is 2.56. The predicted octanol–water partition coefficient (Wildman–Crippen LogP) is 4.93. The molecule has 0 amide bonds. The molecule has 1 fully saturated rings. The number of carbonyl (C=O) groups is 1. The fourth-order valence-corrected chi connectivity index (χ4v) is 6.05. The molecule has 1 saturated heterocycles. The maximum absolute atomic E-state index is 13.1. The van der Waals surface area contributed by atoms with Crippen molar-refractivity contribution >= 4 is 32.7 Å². The molecule has 5 rings (SSSR count). The van der Waals surface area contributed by atoms with Gasteiger partial charge in [-0.05, 0) is 67.8 Å². The number of piperidine rings is 1. The first-order valence-corrected chi connectivity index (χ1v) is 10.0. The van der Waals surface area contributed by atoms with E-state index in [0.717, 1.165) is 29.4 Å². The van der Waals surface area contributed by atoms with Crippen LogP contribution in [-0.4, -0.2) is 28.5 Å². The van der Waals surface area contributed by atoms with E-state index >= 15 is 0 Å². The summed E-state index contributed by atoms with van der Waals surface area (Å²) in [5, 5.41) is 1.28. The smallest absolute Gasteiger partial charge is 0.231 e. The molecule has 2 aromatic rings. The third-order valence-electron chi connectivity index (χ3n) is 6.84. The lowest BCUT2D eigenvalue weighted by molar-refractivity contribution is -0.00451. The van der Waals surface area contributed by atoms with Gasteiger partial charge in [-0.2, -0.15) is 0 Å². The molecular weight excluding hydrogens is 364 g/mol. The number of nitrogens with zero attached hydrogens (tertiary/aromatic N) is 2. The van der Waals surface area contributed by atoms with Crippen molar-refractivity contribution in [2.45, 2.75) is 51.5 Å². The van der Waals surface area contributed by atoms with Crippen molar-refractivity contribution in [3.63, 3.8) is 0 Å². The highest BCUT2D eigenvalue weighted by molar-refractivity contribution is 9.10. The Balaban J connectivity index is 1.87. The lowest BCUT2D eigenvalue weighted by Crippen LogP contribution is -2.49. The van der Waals surface area contributed by atoms with Gasteiger partial charge in [-0.1, -0.05) is 22.9 Å². The van der Waals surface area contributed by atoms with Gasteiger partial charge < -0.3 is 0 Å². The zero-order valence-electron chi connectivity index (χ0n) is 14.1. The summed E-state index contributed by atoms with van der Waals surface area (Å²) < 4.78 is 3.20. The van der Waals surface area contributed by atoms with E-state index in [1.807, 2.05) is 0 Å². The Morgan fingerprint density at radius 3 is 2.96 bits per heavy atom. The van der Waals surface area contributed by atoms with Gasteiger partial charge in [0.25, 0.3) is 0 Å². The SMILES string of the molecule is CCC12CCCN3CCc4c(n(c5ccc(Br)cc45)C(=O)CC1)C32. The summed E-state index contributed by atoms with van der Waals surface area (Å²) in [6.45, 7) is 4.65. The average molecular weight is 387 g/mol. The molecule has 0 radical (unpaired) electrons. The number of halogens is 1. The van der Waals surface area contributed by atoms with Crippen LogP contribution in [-0.2, 0) is 6.42 Å². The minimum absolute atomic E-state index is 0.281. The second-order valence-corrected chi connectivity index (χ2v) is 8.68. The van der Waals surface area contributed by atoms with E-state index in [1.165, 1.54) is 42.5 Å². The zero-order valence-corrected chi connectivity index (χ0v) is 15.7. The van der Waals surface area contributed by atoms with Crippen LogP contribution in [0.3, 0.4) is 0 Å². The highest BCUT2D eigenvalue weighted by Gasteiger charge is 2.50. The number of benzene rings is 1. The molecule has 3 aliphatic rings. The zero-order chi connectivity index (χ0) is 16.5. The van der Waals surface area contributed by atoms with Crippen LogP contribution in [0.15, 0.2) is 22.7 Å². The van der Waals surface area contributed by atoms with Gasteiger partial charge in [0.15, 0.2) is 0 Å². The minimum atomic E-state index is 0.281. The van der Waals surface area contributed by atoms with E-state index in [0.29, 0.717) is 18.4 Å². The van der Waals surface area contributed by atoms with Gasteiger partial charge in [-0.3, -0.25) is 14.3 Å². The number of aromatic nitrogens is 1. The fourth-order valence-electron chi connectivity index (χ4n) is 5.69. The summed E-state index contributed by atoms with van der Waals surface area (Å²) in [7, 11) is 0. The Kier molecular flexibility index (Phi) is 3.27. The molecular formula is C20H23BrN2O. The predicted molar refractivity (Wildman–Crippen MR) is 99.5 cm³/mol. The lowest BCUT2D eigenvalue weighted by Gasteiger charge is -2.51. The number of rotatable bonds is 1. The van der Waals surface area contributed by atoms with Crippen molar-refractivity contribution in [1.82, 2.24) is 9.47 Å². The number of hydrogen-bond acceptors (Lipinski definition) is 2. The summed E-state index contributed by atoms with van der Waals surface area (Å²) in [5.74, 6) is 0.299. The van der Waals surface area contributed by atoms with E-state index in [2.05, 4.69) is 50.5 Å². The van der Waals surface area contributed by atoms with E-state index < -0.39 is 0 Å². The van der Waals surface area contributed by atoms with Crippen molar-refractivity contribution < 1.29 is 4.79 Å². The van der Waals surface area contributed by atoms with Gasteiger partial charge in [-0.15, -0.1) is 0 Å². The van der Waals surface area contributed by atoms with Crippen molar-refractivity contribution in [3.8, 4) is 0 Å². The second-order valence-electron chi connectivity index (χ2n) is 7.76. The molecule has 0 N–H and O–H groups in total. The molecule has 1 aromatic carbocycles. The molecule has 2 atom stereocenters. The second kappa shape index (κ2) is 5.18. The number of hydrogen-bond donors (Lipinski definition) is 0. The van der Waals surface area contributed by atoms with Crippen LogP contribution in [0.25, 0.3) is 10.9 Å².